The second-order valence-electron chi connectivity index (χ2n) is 5.54. The molecule has 2 aromatic rings. The van der Waals surface area contributed by atoms with Crippen molar-refractivity contribution in [3.05, 3.63) is 58.4 Å². The Labute approximate surface area is 149 Å². The van der Waals surface area contributed by atoms with Crippen LogP contribution in [0.5, 0.6) is 0 Å². The number of benzene rings is 2. The van der Waals surface area contributed by atoms with Crippen molar-refractivity contribution in [3.8, 4) is 0 Å². The van der Waals surface area contributed by atoms with Crippen molar-refractivity contribution in [2.24, 2.45) is 4.99 Å². The number of anilines is 1. The first-order valence-electron chi connectivity index (χ1n) is 7.74. The molecule has 0 aromatic heterocycles. The number of aliphatic imine (C=N–C) groups is 1. The van der Waals surface area contributed by atoms with Crippen LogP contribution in [0.25, 0.3) is 0 Å². The summed E-state index contributed by atoms with van der Waals surface area (Å²) >= 11 is 6.03. The minimum atomic E-state index is -1.06. The predicted molar refractivity (Wildman–Crippen MR) is 95.1 cm³/mol. The SMILES string of the molecule is O=C(O)c1ccc(Cl)c(N=Cc2ccc(N3CCOCC3)c(F)c2)c1. The van der Waals surface area contributed by atoms with Gasteiger partial charge < -0.3 is 14.7 Å². The molecule has 25 heavy (non-hydrogen) atoms. The number of nitrogens with zero attached hydrogens (tertiary/aromatic N) is 2. The Morgan fingerprint density at radius 2 is 2.00 bits per heavy atom. The number of hydrogen-bond donors (Lipinski definition) is 1. The molecule has 0 bridgehead atoms. The van der Waals surface area contributed by atoms with Crippen molar-refractivity contribution in [3.63, 3.8) is 0 Å². The van der Waals surface area contributed by atoms with Gasteiger partial charge in [0.25, 0.3) is 0 Å². The van der Waals surface area contributed by atoms with Crippen molar-refractivity contribution < 1.29 is 19.0 Å². The Bertz CT molecular complexity index is 820. The molecule has 0 aliphatic carbocycles. The van der Waals surface area contributed by atoms with Crippen LogP contribution >= 0.6 is 11.6 Å². The maximum Gasteiger partial charge on any atom is 0.335 e. The first kappa shape index (κ1) is 17.4. The molecule has 3 rings (SSSR count). The molecule has 0 radical (unpaired) electrons. The summed E-state index contributed by atoms with van der Waals surface area (Å²) in [7, 11) is 0. The molecular weight excluding hydrogens is 347 g/mol. The molecule has 0 amide bonds. The molecule has 0 saturated carbocycles. The predicted octanol–water partition coefficient (Wildman–Crippen LogP) is 3.76. The number of carboxylic acids is 1. The van der Waals surface area contributed by atoms with E-state index in [0.29, 0.717) is 48.3 Å². The van der Waals surface area contributed by atoms with Gasteiger partial charge in [-0.2, -0.15) is 0 Å². The van der Waals surface area contributed by atoms with Gasteiger partial charge in [-0.3, -0.25) is 4.99 Å². The molecule has 5 nitrogen and oxygen atoms in total. The lowest BCUT2D eigenvalue weighted by Crippen LogP contribution is -2.36. The fourth-order valence-electron chi connectivity index (χ4n) is 2.55. The molecule has 1 aliphatic heterocycles. The number of aromatic carboxylic acids is 1. The summed E-state index contributed by atoms with van der Waals surface area (Å²) in [5, 5.41) is 9.34. The Morgan fingerprint density at radius 1 is 1.24 bits per heavy atom. The normalized spacial score (nSPS) is 14.9. The summed E-state index contributed by atoms with van der Waals surface area (Å²) in [4.78, 5) is 17.1. The smallest absolute Gasteiger partial charge is 0.335 e. The summed E-state index contributed by atoms with van der Waals surface area (Å²) in [6.07, 6.45) is 1.46. The standard InChI is InChI=1S/C18H16ClFN2O3/c19-14-3-2-13(18(23)24)10-16(14)21-11-12-1-4-17(15(20)9-12)22-5-7-25-8-6-22/h1-4,9-11H,5-8H2,(H,23,24). The van der Waals surface area contributed by atoms with Gasteiger partial charge in [-0.15, -0.1) is 0 Å². The monoisotopic (exact) mass is 362 g/mol. The zero-order valence-electron chi connectivity index (χ0n) is 13.3. The topological polar surface area (TPSA) is 62.1 Å². The fourth-order valence-corrected chi connectivity index (χ4v) is 2.72. The number of morpholine rings is 1. The fraction of sp³-hybridized carbons (Fsp3) is 0.222. The largest absolute Gasteiger partial charge is 0.478 e. The van der Waals surface area contributed by atoms with Gasteiger partial charge in [0.15, 0.2) is 0 Å². The summed E-state index contributed by atoms with van der Waals surface area (Å²) in [5.41, 5.74) is 1.50. The minimum Gasteiger partial charge on any atom is -0.478 e. The Kier molecular flexibility index (Phi) is 5.31. The van der Waals surface area contributed by atoms with Crippen LogP contribution in [0.2, 0.25) is 5.02 Å². The van der Waals surface area contributed by atoms with Crippen LogP contribution in [-0.2, 0) is 4.74 Å². The average Bonchev–Trinajstić information content (AvgIpc) is 2.61. The third-order valence-corrected chi connectivity index (χ3v) is 4.19. The molecule has 1 saturated heterocycles. The number of rotatable bonds is 4. The first-order valence-corrected chi connectivity index (χ1v) is 8.11. The summed E-state index contributed by atoms with van der Waals surface area (Å²) < 4.78 is 19.6. The maximum atomic E-state index is 14.4. The van der Waals surface area contributed by atoms with E-state index in [2.05, 4.69) is 4.99 Å². The summed E-state index contributed by atoms with van der Waals surface area (Å²) in [6.45, 7) is 2.48. The lowest BCUT2D eigenvalue weighted by molar-refractivity contribution is 0.0697. The van der Waals surface area contributed by atoms with E-state index in [9.17, 15) is 9.18 Å². The molecule has 130 valence electrons. The summed E-state index contributed by atoms with van der Waals surface area (Å²) in [6, 6.07) is 9.10. The van der Waals surface area contributed by atoms with Gasteiger partial charge in [-0.25, -0.2) is 9.18 Å². The molecule has 0 unspecified atom stereocenters. The number of hydrogen-bond acceptors (Lipinski definition) is 4. The maximum absolute atomic E-state index is 14.4. The molecule has 0 atom stereocenters. The van der Waals surface area contributed by atoms with Gasteiger partial charge in [0.2, 0.25) is 0 Å². The summed E-state index contributed by atoms with van der Waals surface area (Å²) in [5.74, 6) is -1.40. The second kappa shape index (κ2) is 7.63. The lowest BCUT2D eigenvalue weighted by atomic mass is 10.1. The van der Waals surface area contributed by atoms with Gasteiger partial charge >= 0.3 is 5.97 Å². The number of carbonyl (C=O) groups is 1. The molecule has 1 fully saturated rings. The zero-order chi connectivity index (χ0) is 17.8. The molecule has 7 heteroatoms. The number of ether oxygens (including phenoxy) is 1. The van der Waals surface area contributed by atoms with Crippen LogP contribution in [0, 0.1) is 5.82 Å². The molecule has 1 aliphatic rings. The highest BCUT2D eigenvalue weighted by molar-refractivity contribution is 6.33. The van der Waals surface area contributed by atoms with E-state index >= 15 is 0 Å². The van der Waals surface area contributed by atoms with Gasteiger partial charge in [-0.1, -0.05) is 17.7 Å². The van der Waals surface area contributed by atoms with Crippen LogP contribution in [0.4, 0.5) is 15.8 Å². The van der Waals surface area contributed by atoms with Gasteiger partial charge in [-0.05, 0) is 35.9 Å². The third-order valence-electron chi connectivity index (χ3n) is 3.87. The first-order chi connectivity index (χ1) is 12.0. The zero-order valence-corrected chi connectivity index (χ0v) is 14.0. The Hall–Kier alpha value is -2.44. The minimum absolute atomic E-state index is 0.0883. The molecule has 2 aromatic carbocycles. The molecular formula is C18H16ClFN2O3. The van der Waals surface area contributed by atoms with Crippen molar-refractivity contribution in [1.82, 2.24) is 0 Å². The van der Waals surface area contributed by atoms with Crippen LogP contribution < -0.4 is 4.90 Å². The van der Waals surface area contributed by atoms with E-state index in [0.717, 1.165) is 0 Å². The van der Waals surface area contributed by atoms with Crippen LogP contribution in [-0.4, -0.2) is 43.6 Å². The molecule has 0 spiro atoms. The molecule has 1 heterocycles. The Morgan fingerprint density at radius 3 is 2.68 bits per heavy atom. The van der Waals surface area contributed by atoms with Gasteiger partial charge in [0, 0.05) is 19.3 Å². The molecule has 1 N–H and O–H groups in total. The van der Waals surface area contributed by atoms with E-state index < -0.39 is 5.97 Å². The Balaban J connectivity index is 1.81. The van der Waals surface area contributed by atoms with E-state index in [1.165, 1.54) is 30.5 Å². The van der Waals surface area contributed by atoms with E-state index in [1.807, 2.05) is 4.90 Å². The highest BCUT2D eigenvalue weighted by atomic mass is 35.5. The highest BCUT2D eigenvalue weighted by Gasteiger charge is 2.15. The van der Waals surface area contributed by atoms with Crippen LogP contribution in [0.3, 0.4) is 0 Å². The van der Waals surface area contributed by atoms with Crippen molar-refractivity contribution in [2.45, 2.75) is 0 Å². The van der Waals surface area contributed by atoms with Gasteiger partial charge in [0.1, 0.15) is 5.82 Å². The van der Waals surface area contributed by atoms with Gasteiger partial charge in [0.05, 0.1) is 35.2 Å². The van der Waals surface area contributed by atoms with E-state index in [-0.39, 0.29) is 11.4 Å². The van der Waals surface area contributed by atoms with Crippen molar-refractivity contribution in [1.29, 1.82) is 0 Å². The highest BCUT2D eigenvalue weighted by Crippen LogP contribution is 2.26. The third kappa shape index (κ3) is 4.15. The quantitative estimate of drug-likeness (QED) is 0.841. The second-order valence-corrected chi connectivity index (χ2v) is 5.95. The van der Waals surface area contributed by atoms with Crippen LogP contribution in [0.15, 0.2) is 41.4 Å². The average molecular weight is 363 g/mol. The number of halogens is 2. The van der Waals surface area contributed by atoms with Crippen molar-refractivity contribution in [2.75, 3.05) is 31.2 Å². The number of carboxylic acid groups (broad SMARTS) is 1. The van der Waals surface area contributed by atoms with E-state index in [1.54, 1.807) is 12.1 Å². The van der Waals surface area contributed by atoms with E-state index in [4.69, 9.17) is 21.4 Å². The van der Waals surface area contributed by atoms with Crippen molar-refractivity contribution >= 4 is 35.2 Å². The lowest BCUT2D eigenvalue weighted by Gasteiger charge is -2.29. The van der Waals surface area contributed by atoms with Crippen LogP contribution in [0.1, 0.15) is 15.9 Å².